The first-order valence-electron chi connectivity index (χ1n) is 14.2. The lowest BCUT2D eigenvalue weighted by molar-refractivity contribution is -0.143. The van der Waals surface area contributed by atoms with Crippen molar-refractivity contribution >= 4 is 11.9 Å². The van der Waals surface area contributed by atoms with Crippen LogP contribution in [0.2, 0.25) is 0 Å². The third kappa shape index (κ3) is 12.4. The van der Waals surface area contributed by atoms with Crippen molar-refractivity contribution in [2.45, 2.75) is 129 Å². The first kappa shape index (κ1) is 34.3. The van der Waals surface area contributed by atoms with Crippen LogP contribution in [-0.4, -0.2) is 71.9 Å². The number of carbonyl (C=O) groups excluding carboxylic acids is 1. The smallest absolute Gasteiger partial charge is 0.326 e. The molecular formula is C30H53NO7. The lowest BCUT2D eigenvalue weighted by atomic mass is 9.88. The van der Waals surface area contributed by atoms with Gasteiger partial charge in [0.05, 0.1) is 36.4 Å². The zero-order valence-electron chi connectivity index (χ0n) is 24.9. The number of aliphatic hydroxyl groups is 1. The van der Waals surface area contributed by atoms with E-state index in [9.17, 15) is 14.7 Å². The van der Waals surface area contributed by atoms with Gasteiger partial charge in [-0.2, -0.15) is 0 Å². The van der Waals surface area contributed by atoms with Gasteiger partial charge < -0.3 is 29.7 Å². The summed E-state index contributed by atoms with van der Waals surface area (Å²) < 4.78 is 18.1. The summed E-state index contributed by atoms with van der Waals surface area (Å²) in [5, 5.41) is 20.8. The highest BCUT2D eigenvalue weighted by Crippen LogP contribution is 2.31. The number of rotatable bonds is 17. The van der Waals surface area contributed by atoms with Gasteiger partial charge in [0.25, 0.3) is 0 Å². The van der Waals surface area contributed by atoms with Gasteiger partial charge in [0.1, 0.15) is 6.04 Å². The van der Waals surface area contributed by atoms with Gasteiger partial charge in [0.2, 0.25) is 5.91 Å². The standard InChI is InChI=1S/C30H53NO7/c1-9-26(36-8)23(5)38-30(6,7)19-20(2)12-10-13-21(3)28-22(4)15-16-24(37-28)18-27(33)31-25(29(34)35)14-11-17-32/h10,12-13,20,22-26,28,32H,9,11,14-19H2,1-8H3,(H,31,33)(H,34,35)/b12-10+,21-13+/t20-,22+,23-,24-,25+,26+,28-/m1/s1. The van der Waals surface area contributed by atoms with Crippen molar-refractivity contribution in [2.75, 3.05) is 13.7 Å². The summed E-state index contributed by atoms with van der Waals surface area (Å²) in [4.78, 5) is 23.9. The summed E-state index contributed by atoms with van der Waals surface area (Å²) in [6.07, 6.45) is 10.2. The number of amides is 1. The molecule has 1 amide bonds. The van der Waals surface area contributed by atoms with Crippen molar-refractivity contribution < 1.29 is 34.0 Å². The second kappa shape index (κ2) is 17.1. The van der Waals surface area contributed by atoms with Crippen LogP contribution in [0.5, 0.6) is 0 Å². The summed E-state index contributed by atoms with van der Waals surface area (Å²) >= 11 is 0. The molecule has 1 heterocycles. The van der Waals surface area contributed by atoms with E-state index in [-0.39, 0.29) is 55.4 Å². The number of allylic oxidation sites excluding steroid dienone is 3. The molecule has 8 heteroatoms. The fraction of sp³-hybridized carbons (Fsp3) is 0.800. The van der Waals surface area contributed by atoms with E-state index >= 15 is 0 Å². The van der Waals surface area contributed by atoms with E-state index in [2.05, 4.69) is 72.0 Å². The quantitative estimate of drug-likeness (QED) is 0.222. The van der Waals surface area contributed by atoms with Gasteiger partial charge >= 0.3 is 5.97 Å². The minimum absolute atomic E-state index is 0.0221. The van der Waals surface area contributed by atoms with Crippen molar-refractivity contribution in [1.29, 1.82) is 0 Å². The van der Waals surface area contributed by atoms with Crippen molar-refractivity contribution in [1.82, 2.24) is 5.32 Å². The van der Waals surface area contributed by atoms with E-state index in [1.54, 1.807) is 7.11 Å². The van der Waals surface area contributed by atoms with Gasteiger partial charge in [0, 0.05) is 13.7 Å². The Hall–Kier alpha value is -1.74. The Morgan fingerprint density at radius 3 is 2.50 bits per heavy atom. The molecule has 1 aliphatic rings. The Morgan fingerprint density at radius 2 is 1.92 bits per heavy atom. The molecule has 3 N–H and O–H groups in total. The molecule has 0 saturated carbocycles. The molecule has 38 heavy (non-hydrogen) atoms. The Morgan fingerprint density at radius 1 is 1.24 bits per heavy atom. The van der Waals surface area contributed by atoms with Crippen LogP contribution >= 0.6 is 0 Å². The van der Waals surface area contributed by atoms with Crippen LogP contribution in [0.25, 0.3) is 0 Å². The van der Waals surface area contributed by atoms with E-state index in [4.69, 9.17) is 19.3 Å². The van der Waals surface area contributed by atoms with Gasteiger partial charge in [-0.1, -0.05) is 39.0 Å². The average molecular weight is 540 g/mol. The van der Waals surface area contributed by atoms with Crippen LogP contribution in [0.4, 0.5) is 0 Å². The molecule has 7 atom stereocenters. The first-order valence-corrected chi connectivity index (χ1v) is 14.2. The molecule has 1 aliphatic heterocycles. The Balaban J connectivity index is 2.67. The molecular weight excluding hydrogens is 486 g/mol. The highest BCUT2D eigenvalue weighted by atomic mass is 16.5. The van der Waals surface area contributed by atoms with E-state index in [1.165, 1.54) is 0 Å². The normalized spacial score (nSPS) is 24.1. The molecule has 0 aromatic rings. The number of carboxylic acids is 1. The number of hydrogen-bond acceptors (Lipinski definition) is 6. The Labute approximate surface area is 230 Å². The topological polar surface area (TPSA) is 114 Å². The summed E-state index contributed by atoms with van der Waals surface area (Å²) in [6, 6.07) is -0.992. The number of hydrogen-bond donors (Lipinski definition) is 3. The Bertz CT molecular complexity index is 775. The van der Waals surface area contributed by atoms with Crippen molar-refractivity contribution in [3.05, 3.63) is 23.8 Å². The molecule has 1 fully saturated rings. The number of aliphatic hydroxyl groups excluding tert-OH is 1. The number of aliphatic carboxylic acids is 1. The maximum atomic E-state index is 12.5. The number of nitrogens with one attached hydrogen (secondary N) is 1. The predicted octanol–water partition coefficient (Wildman–Crippen LogP) is 5.04. The van der Waals surface area contributed by atoms with Crippen LogP contribution in [-0.2, 0) is 23.8 Å². The fourth-order valence-electron chi connectivity index (χ4n) is 5.38. The third-order valence-electron chi connectivity index (χ3n) is 7.29. The van der Waals surface area contributed by atoms with Crippen molar-refractivity contribution in [3.63, 3.8) is 0 Å². The van der Waals surface area contributed by atoms with E-state index in [0.717, 1.165) is 31.3 Å². The van der Waals surface area contributed by atoms with Gasteiger partial charge in [-0.3, -0.25) is 4.79 Å². The predicted molar refractivity (Wildman–Crippen MR) is 150 cm³/mol. The third-order valence-corrected chi connectivity index (χ3v) is 7.29. The summed E-state index contributed by atoms with van der Waals surface area (Å²) in [5.74, 6) is -0.780. The maximum Gasteiger partial charge on any atom is 0.326 e. The highest BCUT2D eigenvalue weighted by molar-refractivity contribution is 5.83. The van der Waals surface area contributed by atoms with Crippen LogP contribution in [0.15, 0.2) is 23.8 Å². The van der Waals surface area contributed by atoms with Crippen LogP contribution in [0.1, 0.15) is 93.4 Å². The second-order valence-electron chi connectivity index (χ2n) is 11.5. The van der Waals surface area contributed by atoms with E-state index < -0.39 is 12.0 Å². The number of methoxy groups -OCH3 is 1. The molecule has 1 saturated heterocycles. The molecule has 220 valence electrons. The molecule has 0 aromatic heterocycles. The SMILES string of the molecule is CC[C@H](OC)[C@@H](C)OC(C)(C)C[C@H](C)/C=C/C=C(\C)[C@H]1O[C@@H](CC(=O)N[C@@H](CCCO)C(=O)O)CC[C@@H]1C. The molecule has 0 bridgehead atoms. The number of carbonyl (C=O) groups is 2. The van der Waals surface area contributed by atoms with Crippen LogP contribution in [0, 0.1) is 11.8 Å². The average Bonchev–Trinajstić information content (AvgIpc) is 2.82. The van der Waals surface area contributed by atoms with Gasteiger partial charge in [-0.05, 0) is 83.6 Å². The zero-order valence-corrected chi connectivity index (χ0v) is 24.9. The summed E-state index contributed by atoms with van der Waals surface area (Å²) in [5.41, 5.74) is 0.827. The van der Waals surface area contributed by atoms with Crippen LogP contribution in [0.3, 0.4) is 0 Å². The van der Waals surface area contributed by atoms with E-state index in [0.29, 0.717) is 18.3 Å². The van der Waals surface area contributed by atoms with Gasteiger partial charge in [-0.25, -0.2) is 4.79 Å². The number of ether oxygens (including phenoxy) is 3. The lowest BCUT2D eigenvalue weighted by Gasteiger charge is -2.35. The largest absolute Gasteiger partial charge is 0.480 e. The molecule has 0 aliphatic carbocycles. The second-order valence-corrected chi connectivity index (χ2v) is 11.5. The summed E-state index contributed by atoms with van der Waals surface area (Å²) in [7, 11) is 1.73. The van der Waals surface area contributed by atoms with Crippen LogP contribution < -0.4 is 5.32 Å². The Kier molecular flexibility index (Phi) is 15.4. The summed E-state index contributed by atoms with van der Waals surface area (Å²) in [6.45, 7) is 14.7. The molecule has 0 radical (unpaired) electrons. The first-order chi connectivity index (χ1) is 17.8. The maximum absolute atomic E-state index is 12.5. The zero-order chi connectivity index (χ0) is 28.9. The lowest BCUT2D eigenvalue weighted by Crippen LogP contribution is -2.43. The monoisotopic (exact) mass is 539 g/mol. The molecule has 1 rings (SSSR count). The number of carboxylic acid groups (broad SMARTS) is 1. The van der Waals surface area contributed by atoms with Gasteiger partial charge in [-0.15, -0.1) is 0 Å². The van der Waals surface area contributed by atoms with E-state index in [1.807, 2.05) is 0 Å². The molecule has 0 spiro atoms. The fourth-order valence-corrected chi connectivity index (χ4v) is 5.38. The van der Waals surface area contributed by atoms with Gasteiger partial charge in [0.15, 0.2) is 0 Å². The van der Waals surface area contributed by atoms with Crippen molar-refractivity contribution in [2.24, 2.45) is 11.8 Å². The highest BCUT2D eigenvalue weighted by Gasteiger charge is 2.31. The van der Waals surface area contributed by atoms with Crippen molar-refractivity contribution in [3.8, 4) is 0 Å². The minimum atomic E-state index is -1.09. The molecule has 0 unspecified atom stereocenters. The molecule has 0 aromatic carbocycles. The molecule has 8 nitrogen and oxygen atoms in total. The minimum Gasteiger partial charge on any atom is -0.480 e.